The Hall–Kier alpha value is -1.23. The summed E-state index contributed by atoms with van der Waals surface area (Å²) in [5.41, 5.74) is 2.17. The Morgan fingerprint density at radius 3 is 3.00 bits per heavy atom. The summed E-state index contributed by atoms with van der Waals surface area (Å²) in [4.78, 5) is 29.3. The Labute approximate surface area is 105 Å². The third-order valence-corrected chi connectivity index (χ3v) is 3.65. The number of thiazole rings is 1. The maximum absolute atomic E-state index is 12.2. The standard InChI is InChI=1S/C12H16N2O2S/c1-9(15)6-10-4-2-3-5-14(10)12(16)11-7-17-8-13-11/h7-8,10H,2-6H2,1H3. The van der Waals surface area contributed by atoms with Gasteiger partial charge in [-0.3, -0.25) is 9.59 Å². The maximum atomic E-state index is 12.2. The molecule has 1 unspecified atom stereocenters. The van der Waals surface area contributed by atoms with Gasteiger partial charge in [-0.1, -0.05) is 0 Å². The van der Waals surface area contributed by atoms with Crippen LogP contribution in [0.1, 0.15) is 43.1 Å². The van der Waals surface area contributed by atoms with Gasteiger partial charge in [-0.15, -0.1) is 11.3 Å². The van der Waals surface area contributed by atoms with Crippen molar-refractivity contribution in [1.82, 2.24) is 9.88 Å². The first-order valence-electron chi connectivity index (χ1n) is 5.87. The molecule has 0 N–H and O–H groups in total. The average molecular weight is 252 g/mol. The van der Waals surface area contributed by atoms with E-state index < -0.39 is 0 Å². The molecular formula is C12H16N2O2S. The largest absolute Gasteiger partial charge is 0.334 e. The van der Waals surface area contributed by atoms with Gasteiger partial charge >= 0.3 is 0 Å². The van der Waals surface area contributed by atoms with Gasteiger partial charge < -0.3 is 4.90 Å². The Morgan fingerprint density at radius 2 is 2.35 bits per heavy atom. The lowest BCUT2D eigenvalue weighted by molar-refractivity contribution is -0.118. The van der Waals surface area contributed by atoms with Crippen molar-refractivity contribution in [3.8, 4) is 0 Å². The summed E-state index contributed by atoms with van der Waals surface area (Å²) in [5.74, 6) is 0.116. The smallest absolute Gasteiger partial charge is 0.273 e. The first-order chi connectivity index (χ1) is 8.18. The summed E-state index contributed by atoms with van der Waals surface area (Å²) in [6.07, 6.45) is 3.51. The summed E-state index contributed by atoms with van der Waals surface area (Å²) in [7, 11) is 0. The van der Waals surface area contributed by atoms with E-state index in [0.29, 0.717) is 12.1 Å². The first-order valence-corrected chi connectivity index (χ1v) is 6.81. The molecule has 1 aromatic heterocycles. The van der Waals surface area contributed by atoms with Crippen LogP contribution in [0, 0.1) is 0 Å². The van der Waals surface area contributed by atoms with E-state index in [1.54, 1.807) is 17.8 Å². The second-order valence-electron chi connectivity index (χ2n) is 4.43. The lowest BCUT2D eigenvalue weighted by Gasteiger charge is -2.34. The predicted molar refractivity (Wildman–Crippen MR) is 66.1 cm³/mol. The second-order valence-corrected chi connectivity index (χ2v) is 5.15. The number of hydrogen-bond donors (Lipinski definition) is 0. The molecule has 0 saturated carbocycles. The minimum absolute atomic E-state index is 0.0304. The van der Waals surface area contributed by atoms with Crippen molar-refractivity contribution in [1.29, 1.82) is 0 Å². The molecule has 17 heavy (non-hydrogen) atoms. The summed E-state index contributed by atoms with van der Waals surface area (Å²) >= 11 is 1.42. The van der Waals surface area contributed by atoms with E-state index in [1.807, 2.05) is 4.90 Å². The van der Waals surface area contributed by atoms with Crippen molar-refractivity contribution >= 4 is 23.0 Å². The van der Waals surface area contributed by atoms with E-state index >= 15 is 0 Å². The zero-order valence-corrected chi connectivity index (χ0v) is 10.7. The zero-order chi connectivity index (χ0) is 12.3. The van der Waals surface area contributed by atoms with Gasteiger partial charge in [-0.25, -0.2) is 4.98 Å². The van der Waals surface area contributed by atoms with Gasteiger partial charge in [0, 0.05) is 24.4 Å². The molecule has 2 rings (SSSR count). The number of nitrogens with zero attached hydrogens (tertiary/aromatic N) is 2. The number of carbonyl (C=O) groups excluding carboxylic acids is 2. The SMILES string of the molecule is CC(=O)CC1CCCCN1C(=O)c1cscn1. The fraction of sp³-hybridized carbons (Fsp3) is 0.583. The predicted octanol–water partition coefficient (Wildman–Crippen LogP) is 2.12. The van der Waals surface area contributed by atoms with E-state index in [0.717, 1.165) is 25.8 Å². The highest BCUT2D eigenvalue weighted by molar-refractivity contribution is 7.07. The number of aromatic nitrogens is 1. The number of rotatable bonds is 3. The lowest BCUT2D eigenvalue weighted by Crippen LogP contribution is -2.44. The highest BCUT2D eigenvalue weighted by Gasteiger charge is 2.28. The molecule has 1 aromatic rings. The molecule has 1 aliphatic heterocycles. The zero-order valence-electron chi connectivity index (χ0n) is 9.89. The Kier molecular flexibility index (Phi) is 3.89. The van der Waals surface area contributed by atoms with Gasteiger partial charge in [0.1, 0.15) is 11.5 Å². The monoisotopic (exact) mass is 252 g/mol. The van der Waals surface area contributed by atoms with Gasteiger partial charge in [0.25, 0.3) is 5.91 Å². The molecule has 0 aliphatic carbocycles. The van der Waals surface area contributed by atoms with Crippen molar-refractivity contribution in [2.75, 3.05) is 6.54 Å². The van der Waals surface area contributed by atoms with Gasteiger partial charge in [-0.2, -0.15) is 0 Å². The van der Waals surface area contributed by atoms with E-state index in [-0.39, 0.29) is 17.7 Å². The molecule has 0 spiro atoms. The second kappa shape index (κ2) is 5.40. The molecule has 0 aromatic carbocycles. The van der Waals surface area contributed by atoms with Crippen LogP contribution in [0.15, 0.2) is 10.9 Å². The van der Waals surface area contributed by atoms with Crippen LogP contribution >= 0.6 is 11.3 Å². The molecule has 0 radical (unpaired) electrons. The molecule has 0 bridgehead atoms. The lowest BCUT2D eigenvalue weighted by atomic mass is 9.97. The molecule has 2 heterocycles. The normalized spacial score (nSPS) is 20.3. The number of amides is 1. The summed E-state index contributed by atoms with van der Waals surface area (Å²) < 4.78 is 0. The minimum Gasteiger partial charge on any atom is -0.334 e. The van der Waals surface area contributed by atoms with Crippen LogP contribution in [-0.2, 0) is 4.79 Å². The van der Waals surface area contributed by atoms with Crippen LogP contribution in [0.3, 0.4) is 0 Å². The van der Waals surface area contributed by atoms with E-state index in [9.17, 15) is 9.59 Å². The van der Waals surface area contributed by atoms with Crippen molar-refractivity contribution in [3.63, 3.8) is 0 Å². The number of Topliss-reactive ketones (excluding diaryl/α,β-unsaturated/α-hetero) is 1. The molecule has 4 nitrogen and oxygen atoms in total. The molecule has 1 atom stereocenters. The topological polar surface area (TPSA) is 50.3 Å². The van der Waals surface area contributed by atoms with Gasteiger partial charge in [0.05, 0.1) is 5.51 Å². The van der Waals surface area contributed by atoms with Crippen molar-refractivity contribution < 1.29 is 9.59 Å². The van der Waals surface area contributed by atoms with Gasteiger partial charge in [0.2, 0.25) is 0 Å². The number of ketones is 1. The number of carbonyl (C=O) groups is 2. The fourth-order valence-corrected chi connectivity index (χ4v) is 2.80. The first kappa shape index (κ1) is 12.2. The number of hydrogen-bond acceptors (Lipinski definition) is 4. The third kappa shape index (κ3) is 2.91. The van der Waals surface area contributed by atoms with Crippen LogP contribution in [0.5, 0.6) is 0 Å². The van der Waals surface area contributed by atoms with Crippen LogP contribution in [0.25, 0.3) is 0 Å². The van der Waals surface area contributed by atoms with E-state index in [1.165, 1.54) is 11.3 Å². The van der Waals surface area contributed by atoms with Crippen LogP contribution in [-0.4, -0.2) is 34.2 Å². The summed E-state index contributed by atoms with van der Waals surface area (Å²) in [5, 5.41) is 1.77. The number of piperidine rings is 1. The highest BCUT2D eigenvalue weighted by Crippen LogP contribution is 2.22. The fourth-order valence-electron chi connectivity index (χ4n) is 2.28. The van der Waals surface area contributed by atoms with Crippen LogP contribution in [0.4, 0.5) is 0 Å². The average Bonchev–Trinajstić information content (AvgIpc) is 2.81. The van der Waals surface area contributed by atoms with Crippen molar-refractivity contribution in [3.05, 3.63) is 16.6 Å². The van der Waals surface area contributed by atoms with E-state index in [4.69, 9.17) is 0 Å². The third-order valence-electron chi connectivity index (χ3n) is 3.06. The molecule has 1 aliphatic rings. The van der Waals surface area contributed by atoms with Crippen molar-refractivity contribution in [2.24, 2.45) is 0 Å². The number of likely N-dealkylation sites (tertiary alicyclic amines) is 1. The summed E-state index contributed by atoms with van der Waals surface area (Å²) in [6, 6.07) is 0.0652. The molecule has 92 valence electrons. The van der Waals surface area contributed by atoms with Crippen LogP contribution in [0.2, 0.25) is 0 Å². The van der Waals surface area contributed by atoms with Gasteiger partial charge in [0.15, 0.2) is 0 Å². The molecule has 5 heteroatoms. The van der Waals surface area contributed by atoms with E-state index in [2.05, 4.69) is 4.98 Å². The minimum atomic E-state index is -0.0304. The van der Waals surface area contributed by atoms with Crippen LogP contribution < -0.4 is 0 Å². The van der Waals surface area contributed by atoms with Gasteiger partial charge in [-0.05, 0) is 26.2 Å². The summed E-state index contributed by atoms with van der Waals surface area (Å²) in [6.45, 7) is 2.33. The Balaban J connectivity index is 2.10. The molecular weight excluding hydrogens is 236 g/mol. The highest BCUT2D eigenvalue weighted by atomic mass is 32.1. The molecule has 1 amide bonds. The van der Waals surface area contributed by atoms with Crippen molar-refractivity contribution in [2.45, 2.75) is 38.6 Å². The quantitative estimate of drug-likeness (QED) is 0.828. The Morgan fingerprint density at radius 1 is 1.53 bits per heavy atom. The Bertz CT molecular complexity index is 403. The maximum Gasteiger partial charge on any atom is 0.273 e. The molecule has 1 fully saturated rings. The molecule has 1 saturated heterocycles.